The number of nitro groups is 1. The molecule has 0 spiro atoms. The van der Waals surface area contributed by atoms with Crippen molar-refractivity contribution < 1.29 is 4.92 Å². The molecule has 0 aliphatic rings. The summed E-state index contributed by atoms with van der Waals surface area (Å²) in [7, 11) is 0. The largest absolute Gasteiger partial charge is 0.303 e. The van der Waals surface area contributed by atoms with E-state index < -0.39 is 4.92 Å². The molecule has 0 unspecified atom stereocenters. The lowest BCUT2D eigenvalue weighted by Crippen LogP contribution is -1.90. The van der Waals surface area contributed by atoms with Crippen LogP contribution in [0.4, 0.5) is 5.69 Å². The molecule has 0 bridgehead atoms. The van der Waals surface area contributed by atoms with Gasteiger partial charge in [0.15, 0.2) is 0 Å². The van der Waals surface area contributed by atoms with Crippen LogP contribution >= 0.6 is 39.1 Å². The molecule has 0 amide bonds. The topological polar surface area (TPSA) is 43.1 Å². The van der Waals surface area contributed by atoms with E-state index >= 15 is 0 Å². The molecular formula is C6H2BrCl2NO2. The molecule has 0 aliphatic carbocycles. The van der Waals surface area contributed by atoms with Gasteiger partial charge < -0.3 is 0 Å². The molecule has 1 rings (SSSR count). The molecule has 0 atom stereocenters. The van der Waals surface area contributed by atoms with E-state index in [1.165, 1.54) is 12.1 Å². The Morgan fingerprint density at radius 3 is 2.25 bits per heavy atom. The number of hydrogen-bond donors (Lipinski definition) is 0. The molecule has 0 radical (unpaired) electrons. The predicted molar refractivity (Wildman–Crippen MR) is 50.8 cm³/mol. The zero-order chi connectivity index (χ0) is 9.30. The van der Waals surface area contributed by atoms with Crippen LogP contribution in [0.1, 0.15) is 0 Å². The van der Waals surface area contributed by atoms with E-state index in [1.54, 1.807) is 0 Å². The summed E-state index contributed by atoms with van der Waals surface area (Å²) in [6.45, 7) is 0. The third kappa shape index (κ3) is 1.71. The average molecular weight is 271 g/mol. The number of rotatable bonds is 1. The Labute approximate surface area is 86.6 Å². The zero-order valence-corrected chi connectivity index (χ0v) is 8.65. The first-order valence-electron chi connectivity index (χ1n) is 2.82. The Hall–Kier alpha value is -0.320. The van der Waals surface area contributed by atoms with Crippen LogP contribution in [0, 0.1) is 10.1 Å². The molecule has 0 N–H and O–H groups in total. The lowest BCUT2D eigenvalue weighted by molar-refractivity contribution is -0.385. The van der Waals surface area contributed by atoms with Gasteiger partial charge >= 0.3 is 5.69 Å². The molecule has 3 nitrogen and oxygen atoms in total. The lowest BCUT2D eigenvalue weighted by atomic mass is 10.3. The highest BCUT2D eigenvalue weighted by Crippen LogP contribution is 2.37. The number of hydrogen-bond acceptors (Lipinski definition) is 2. The molecule has 0 fully saturated rings. The fourth-order valence-corrected chi connectivity index (χ4v) is 1.67. The van der Waals surface area contributed by atoms with Crippen molar-refractivity contribution >= 4 is 44.8 Å². The highest BCUT2D eigenvalue weighted by Gasteiger charge is 2.19. The van der Waals surface area contributed by atoms with Gasteiger partial charge in [0.05, 0.1) is 9.95 Å². The Morgan fingerprint density at radius 2 is 1.83 bits per heavy atom. The predicted octanol–water partition coefficient (Wildman–Crippen LogP) is 3.66. The summed E-state index contributed by atoms with van der Waals surface area (Å²) in [6, 6.07) is 2.87. The van der Waals surface area contributed by atoms with Gasteiger partial charge in [0.2, 0.25) is 0 Å². The maximum atomic E-state index is 10.4. The molecule has 12 heavy (non-hydrogen) atoms. The van der Waals surface area contributed by atoms with Crippen LogP contribution in [0.2, 0.25) is 10.0 Å². The van der Waals surface area contributed by atoms with Crippen LogP contribution in [-0.4, -0.2) is 4.92 Å². The van der Waals surface area contributed by atoms with Gasteiger partial charge in [-0.05, 0) is 28.1 Å². The van der Waals surface area contributed by atoms with E-state index in [1.807, 2.05) is 0 Å². The standard InChI is InChI=1S/C6H2BrCl2NO2/c7-5-3(8)1-2-4(9)6(5)10(11)12/h1-2H. The Balaban J connectivity index is 3.43. The minimum Gasteiger partial charge on any atom is -0.258 e. The fourth-order valence-electron chi connectivity index (χ4n) is 0.684. The van der Waals surface area contributed by atoms with Gasteiger partial charge in [-0.15, -0.1) is 0 Å². The number of nitrogens with zero attached hydrogens (tertiary/aromatic N) is 1. The molecule has 6 heteroatoms. The Morgan fingerprint density at radius 1 is 1.33 bits per heavy atom. The molecule has 1 aromatic rings. The first-order valence-corrected chi connectivity index (χ1v) is 4.37. The molecule has 0 aromatic heterocycles. The summed E-state index contributed by atoms with van der Waals surface area (Å²) in [4.78, 5) is 9.84. The van der Waals surface area contributed by atoms with Crippen molar-refractivity contribution in [1.29, 1.82) is 0 Å². The summed E-state index contributed by atoms with van der Waals surface area (Å²) < 4.78 is 0.210. The number of halogens is 3. The molecule has 1 aromatic carbocycles. The van der Waals surface area contributed by atoms with E-state index in [0.717, 1.165) is 0 Å². The van der Waals surface area contributed by atoms with Gasteiger partial charge in [-0.1, -0.05) is 23.2 Å². The second-order valence-corrected chi connectivity index (χ2v) is 3.56. The van der Waals surface area contributed by atoms with Gasteiger partial charge in [0.25, 0.3) is 0 Å². The SMILES string of the molecule is O=[N+]([O-])c1c(Cl)ccc(Cl)c1Br. The Kier molecular flexibility index (Phi) is 2.93. The smallest absolute Gasteiger partial charge is 0.258 e. The van der Waals surface area contributed by atoms with Crippen molar-refractivity contribution in [3.63, 3.8) is 0 Å². The molecule has 0 heterocycles. The third-order valence-electron chi connectivity index (χ3n) is 1.20. The first-order chi connectivity index (χ1) is 5.54. The summed E-state index contributed by atoms with van der Waals surface area (Å²) >= 11 is 14.2. The van der Waals surface area contributed by atoms with E-state index in [0.29, 0.717) is 0 Å². The maximum absolute atomic E-state index is 10.4. The third-order valence-corrected chi connectivity index (χ3v) is 2.85. The van der Waals surface area contributed by atoms with E-state index in [9.17, 15) is 10.1 Å². The minimum absolute atomic E-state index is 0.0660. The summed E-state index contributed by atoms with van der Waals surface area (Å²) in [5, 5.41) is 10.8. The van der Waals surface area contributed by atoms with Crippen LogP contribution in [0.3, 0.4) is 0 Å². The summed E-state index contributed by atoms with van der Waals surface area (Å²) in [5.74, 6) is 0. The van der Waals surface area contributed by atoms with Crippen LogP contribution in [0.15, 0.2) is 16.6 Å². The second kappa shape index (κ2) is 3.60. The van der Waals surface area contributed by atoms with E-state index in [-0.39, 0.29) is 20.2 Å². The lowest BCUT2D eigenvalue weighted by Gasteiger charge is -1.98. The van der Waals surface area contributed by atoms with Gasteiger partial charge in [0, 0.05) is 0 Å². The quantitative estimate of drug-likeness (QED) is 0.444. The second-order valence-electron chi connectivity index (χ2n) is 1.95. The van der Waals surface area contributed by atoms with Crippen LogP contribution in [0.5, 0.6) is 0 Å². The first kappa shape index (κ1) is 9.77. The van der Waals surface area contributed by atoms with Gasteiger partial charge in [-0.25, -0.2) is 0 Å². The number of benzene rings is 1. The fraction of sp³-hybridized carbons (Fsp3) is 0. The minimum atomic E-state index is -0.585. The summed E-state index contributed by atoms with van der Waals surface area (Å²) in [5.41, 5.74) is -0.204. The summed E-state index contributed by atoms with van der Waals surface area (Å²) in [6.07, 6.45) is 0. The van der Waals surface area contributed by atoms with Gasteiger partial charge in [0.1, 0.15) is 9.50 Å². The van der Waals surface area contributed by atoms with Crippen LogP contribution in [0.25, 0.3) is 0 Å². The molecule has 0 saturated heterocycles. The molecular weight excluding hydrogens is 269 g/mol. The van der Waals surface area contributed by atoms with Gasteiger partial charge in [-0.3, -0.25) is 10.1 Å². The Bertz CT molecular complexity index is 343. The van der Waals surface area contributed by atoms with Crippen molar-refractivity contribution in [2.75, 3.05) is 0 Å². The van der Waals surface area contributed by atoms with Crippen LogP contribution in [-0.2, 0) is 0 Å². The number of nitro benzene ring substituents is 1. The molecule has 0 saturated carbocycles. The van der Waals surface area contributed by atoms with Crippen molar-refractivity contribution in [1.82, 2.24) is 0 Å². The highest BCUT2D eigenvalue weighted by atomic mass is 79.9. The van der Waals surface area contributed by atoms with Crippen molar-refractivity contribution in [2.45, 2.75) is 0 Å². The molecule has 0 aliphatic heterocycles. The van der Waals surface area contributed by atoms with Gasteiger partial charge in [-0.2, -0.15) is 0 Å². The van der Waals surface area contributed by atoms with Crippen molar-refractivity contribution in [3.8, 4) is 0 Å². The van der Waals surface area contributed by atoms with Crippen molar-refractivity contribution in [2.24, 2.45) is 0 Å². The monoisotopic (exact) mass is 269 g/mol. The average Bonchev–Trinajstić information content (AvgIpc) is 1.97. The van der Waals surface area contributed by atoms with E-state index in [2.05, 4.69) is 15.9 Å². The van der Waals surface area contributed by atoms with Crippen LogP contribution < -0.4 is 0 Å². The highest BCUT2D eigenvalue weighted by molar-refractivity contribution is 9.10. The normalized spacial score (nSPS) is 9.92. The van der Waals surface area contributed by atoms with Crippen molar-refractivity contribution in [3.05, 3.63) is 36.8 Å². The zero-order valence-electron chi connectivity index (χ0n) is 5.55. The van der Waals surface area contributed by atoms with E-state index in [4.69, 9.17) is 23.2 Å². The molecule has 64 valence electrons. The maximum Gasteiger partial charge on any atom is 0.303 e.